The lowest BCUT2D eigenvalue weighted by molar-refractivity contribution is 0.276. The summed E-state index contributed by atoms with van der Waals surface area (Å²) in [6, 6.07) is 15.0. The van der Waals surface area contributed by atoms with E-state index in [1.165, 1.54) is 0 Å². The van der Waals surface area contributed by atoms with Crippen LogP contribution in [-0.4, -0.2) is 23.4 Å². The average Bonchev–Trinajstić information content (AvgIpc) is 2.62. The maximum Gasteiger partial charge on any atom is 0.119 e. The fourth-order valence-electron chi connectivity index (χ4n) is 2.14. The molecule has 2 aromatic carbocycles. The van der Waals surface area contributed by atoms with Crippen molar-refractivity contribution < 1.29 is 19.7 Å². The Bertz CT molecular complexity index is 497. The Morgan fingerprint density at radius 2 is 0.957 bits per heavy atom. The molecule has 0 aromatic heterocycles. The summed E-state index contributed by atoms with van der Waals surface area (Å²) in [5, 5.41) is 17.9. The lowest BCUT2D eigenvalue weighted by Gasteiger charge is -2.08. The molecule has 2 N–H and O–H groups in total. The molecule has 124 valence electrons. The summed E-state index contributed by atoms with van der Waals surface area (Å²) in [6.07, 6.45) is 3.01. The summed E-state index contributed by atoms with van der Waals surface area (Å²) in [4.78, 5) is 0. The summed E-state index contributed by atoms with van der Waals surface area (Å²) in [7, 11) is 0. The maximum absolute atomic E-state index is 8.97. The van der Waals surface area contributed by atoms with E-state index in [1.54, 1.807) is 0 Å². The Morgan fingerprint density at radius 1 is 0.565 bits per heavy atom. The number of hydrogen-bond acceptors (Lipinski definition) is 4. The van der Waals surface area contributed by atoms with E-state index < -0.39 is 0 Å². The third kappa shape index (κ3) is 6.30. The zero-order valence-corrected chi connectivity index (χ0v) is 13.3. The van der Waals surface area contributed by atoms with Crippen molar-refractivity contribution in [1.82, 2.24) is 0 Å². The first-order valence-electron chi connectivity index (χ1n) is 7.97. The van der Waals surface area contributed by atoms with Crippen LogP contribution in [-0.2, 0) is 13.2 Å². The minimum Gasteiger partial charge on any atom is -0.494 e. The third-order valence-corrected chi connectivity index (χ3v) is 3.54. The zero-order chi connectivity index (χ0) is 16.3. The van der Waals surface area contributed by atoms with Crippen LogP contribution in [0.1, 0.15) is 30.4 Å². The second-order valence-corrected chi connectivity index (χ2v) is 5.36. The monoisotopic (exact) mass is 316 g/mol. The number of benzene rings is 2. The molecule has 0 saturated carbocycles. The van der Waals surface area contributed by atoms with Crippen molar-refractivity contribution in [3.05, 3.63) is 59.7 Å². The minimum atomic E-state index is 0.0585. The fraction of sp³-hybridized carbons (Fsp3) is 0.368. The normalized spacial score (nSPS) is 10.5. The summed E-state index contributed by atoms with van der Waals surface area (Å²) in [5.74, 6) is 1.67. The van der Waals surface area contributed by atoms with Crippen LogP contribution in [0, 0.1) is 0 Å². The van der Waals surface area contributed by atoms with Gasteiger partial charge in [-0.3, -0.25) is 0 Å². The molecule has 0 aliphatic rings. The molecule has 2 aromatic rings. The second kappa shape index (κ2) is 9.87. The Morgan fingerprint density at radius 3 is 1.30 bits per heavy atom. The predicted octanol–water partition coefficient (Wildman–Crippen LogP) is 3.30. The molecule has 0 aliphatic carbocycles. The second-order valence-electron chi connectivity index (χ2n) is 5.36. The van der Waals surface area contributed by atoms with E-state index in [2.05, 4.69) is 0 Å². The molecule has 0 fully saturated rings. The van der Waals surface area contributed by atoms with Crippen LogP contribution in [0.4, 0.5) is 0 Å². The molecule has 4 nitrogen and oxygen atoms in total. The van der Waals surface area contributed by atoms with Gasteiger partial charge in [-0.05, 0) is 54.7 Å². The van der Waals surface area contributed by atoms with Gasteiger partial charge in [0.1, 0.15) is 11.5 Å². The van der Waals surface area contributed by atoms with E-state index in [1.807, 2.05) is 48.5 Å². The van der Waals surface area contributed by atoms with Gasteiger partial charge in [-0.1, -0.05) is 24.3 Å². The highest BCUT2D eigenvalue weighted by atomic mass is 16.5. The molecule has 0 atom stereocenters. The van der Waals surface area contributed by atoms with Crippen molar-refractivity contribution in [2.45, 2.75) is 32.5 Å². The fourth-order valence-corrected chi connectivity index (χ4v) is 2.14. The topological polar surface area (TPSA) is 58.9 Å². The van der Waals surface area contributed by atoms with Crippen LogP contribution >= 0.6 is 0 Å². The molecule has 2 rings (SSSR count). The number of ether oxygens (including phenoxy) is 2. The highest BCUT2D eigenvalue weighted by Gasteiger charge is 1.97. The molecule has 0 bridgehead atoms. The van der Waals surface area contributed by atoms with Gasteiger partial charge in [0.05, 0.1) is 26.4 Å². The van der Waals surface area contributed by atoms with Crippen molar-refractivity contribution in [2.75, 3.05) is 13.2 Å². The molecular formula is C19H24O4. The van der Waals surface area contributed by atoms with Gasteiger partial charge in [-0.15, -0.1) is 0 Å². The van der Waals surface area contributed by atoms with Gasteiger partial charge in [0, 0.05) is 0 Å². The number of rotatable bonds is 10. The summed E-state index contributed by atoms with van der Waals surface area (Å²) in [5.41, 5.74) is 1.78. The van der Waals surface area contributed by atoms with Gasteiger partial charge in [0.15, 0.2) is 0 Å². The third-order valence-electron chi connectivity index (χ3n) is 3.54. The standard InChI is InChI=1S/C19H24O4/c20-14-16-4-8-18(9-5-16)22-12-2-1-3-13-23-19-10-6-17(15-21)7-11-19/h4-11,20-21H,1-3,12-15H2. The molecule has 0 aliphatic heterocycles. The van der Waals surface area contributed by atoms with E-state index in [4.69, 9.17) is 19.7 Å². The summed E-state index contributed by atoms with van der Waals surface area (Å²) in [6.45, 7) is 1.49. The Hall–Kier alpha value is -2.04. The van der Waals surface area contributed by atoms with Crippen LogP contribution < -0.4 is 9.47 Å². The lowest BCUT2D eigenvalue weighted by Crippen LogP contribution is -2.01. The molecule has 0 spiro atoms. The van der Waals surface area contributed by atoms with Crippen LogP contribution in [0.3, 0.4) is 0 Å². The van der Waals surface area contributed by atoms with Crippen molar-refractivity contribution in [3.63, 3.8) is 0 Å². The van der Waals surface area contributed by atoms with E-state index in [0.29, 0.717) is 13.2 Å². The van der Waals surface area contributed by atoms with Gasteiger partial charge in [0.25, 0.3) is 0 Å². The minimum absolute atomic E-state index is 0.0585. The van der Waals surface area contributed by atoms with E-state index >= 15 is 0 Å². The van der Waals surface area contributed by atoms with Crippen LogP contribution in [0.2, 0.25) is 0 Å². The van der Waals surface area contributed by atoms with Crippen molar-refractivity contribution in [3.8, 4) is 11.5 Å². The largest absolute Gasteiger partial charge is 0.494 e. The van der Waals surface area contributed by atoms with Crippen molar-refractivity contribution in [1.29, 1.82) is 0 Å². The lowest BCUT2D eigenvalue weighted by atomic mass is 10.2. The molecule has 0 saturated heterocycles. The van der Waals surface area contributed by atoms with Crippen LogP contribution in [0.25, 0.3) is 0 Å². The van der Waals surface area contributed by atoms with E-state index in [9.17, 15) is 0 Å². The molecule has 0 amide bonds. The van der Waals surface area contributed by atoms with Crippen LogP contribution in [0.5, 0.6) is 11.5 Å². The average molecular weight is 316 g/mol. The molecule has 0 unspecified atom stereocenters. The summed E-state index contributed by atoms with van der Waals surface area (Å²) < 4.78 is 11.3. The Labute approximate surface area is 137 Å². The van der Waals surface area contributed by atoms with Gasteiger partial charge < -0.3 is 19.7 Å². The van der Waals surface area contributed by atoms with Crippen molar-refractivity contribution >= 4 is 0 Å². The SMILES string of the molecule is OCc1ccc(OCCCCCOc2ccc(CO)cc2)cc1. The zero-order valence-electron chi connectivity index (χ0n) is 13.3. The quantitative estimate of drug-likeness (QED) is 0.660. The molecular weight excluding hydrogens is 292 g/mol. The van der Waals surface area contributed by atoms with Gasteiger partial charge in [0.2, 0.25) is 0 Å². The molecule has 23 heavy (non-hydrogen) atoms. The van der Waals surface area contributed by atoms with E-state index in [0.717, 1.165) is 41.9 Å². The highest BCUT2D eigenvalue weighted by molar-refractivity contribution is 5.27. The van der Waals surface area contributed by atoms with E-state index in [-0.39, 0.29) is 13.2 Å². The van der Waals surface area contributed by atoms with Gasteiger partial charge >= 0.3 is 0 Å². The molecule has 4 heteroatoms. The number of hydrogen-bond donors (Lipinski definition) is 2. The molecule has 0 heterocycles. The Kier molecular flexibility index (Phi) is 7.43. The first-order chi connectivity index (χ1) is 11.3. The van der Waals surface area contributed by atoms with Crippen LogP contribution in [0.15, 0.2) is 48.5 Å². The predicted molar refractivity (Wildman–Crippen MR) is 89.6 cm³/mol. The first-order valence-corrected chi connectivity index (χ1v) is 7.97. The summed E-state index contributed by atoms with van der Waals surface area (Å²) >= 11 is 0. The number of aliphatic hydroxyl groups is 2. The number of aliphatic hydroxyl groups excluding tert-OH is 2. The smallest absolute Gasteiger partial charge is 0.119 e. The molecule has 0 radical (unpaired) electrons. The van der Waals surface area contributed by atoms with Gasteiger partial charge in [-0.25, -0.2) is 0 Å². The Balaban J connectivity index is 1.53. The van der Waals surface area contributed by atoms with Gasteiger partial charge in [-0.2, -0.15) is 0 Å². The highest BCUT2D eigenvalue weighted by Crippen LogP contribution is 2.14. The number of unbranched alkanes of at least 4 members (excludes halogenated alkanes) is 2. The maximum atomic E-state index is 8.97. The van der Waals surface area contributed by atoms with Crippen molar-refractivity contribution in [2.24, 2.45) is 0 Å². The first kappa shape index (κ1) is 17.3.